The molecule has 1 heterocycles. The molecule has 2 amide bonds. The number of benzene rings is 1. The van der Waals surface area contributed by atoms with Crippen molar-refractivity contribution in [3.05, 3.63) is 47.5 Å². The van der Waals surface area contributed by atoms with E-state index in [1.165, 1.54) is 36.2 Å². The molecule has 2 aliphatic carbocycles. The lowest BCUT2D eigenvalue weighted by atomic mass is 9.73. The average Bonchev–Trinajstić information content (AvgIpc) is 3.00. The number of hydrogen-bond donors (Lipinski definition) is 0. The summed E-state index contributed by atoms with van der Waals surface area (Å²) in [7, 11) is 0. The maximum atomic E-state index is 13.3. The van der Waals surface area contributed by atoms with Crippen molar-refractivity contribution in [3.63, 3.8) is 0 Å². The van der Waals surface area contributed by atoms with Crippen LogP contribution in [0, 0.1) is 11.8 Å². The van der Waals surface area contributed by atoms with Crippen LogP contribution in [0.1, 0.15) is 50.5 Å². The van der Waals surface area contributed by atoms with Gasteiger partial charge in [0.2, 0.25) is 5.91 Å². The quantitative estimate of drug-likeness (QED) is 0.752. The van der Waals surface area contributed by atoms with E-state index in [0.717, 1.165) is 24.8 Å². The highest BCUT2D eigenvalue weighted by Gasteiger charge is 2.43. The first-order chi connectivity index (χ1) is 12.7. The van der Waals surface area contributed by atoms with Gasteiger partial charge in [0.15, 0.2) is 0 Å². The van der Waals surface area contributed by atoms with E-state index in [1.807, 2.05) is 30.3 Å². The summed E-state index contributed by atoms with van der Waals surface area (Å²) in [6.45, 7) is 0.304. The van der Waals surface area contributed by atoms with Crippen molar-refractivity contribution in [2.45, 2.75) is 57.4 Å². The first kappa shape index (κ1) is 17.3. The molecule has 1 unspecified atom stereocenters. The largest absolute Gasteiger partial charge is 0.447 e. The second kappa shape index (κ2) is 7.65. The van der Waals surface area contributed by atoms with Crippen LogP contribution in [-0.4, -0.2) is 29.5 Å². The number of fused-ring (bicyclic) bond motifs is 2. The van der Waals surface area contributed by atoms with Gasteiger partial charge in [-0.1, -0.05) is 54.8 Å². The van der Waals surface area contributed by atoms with Gasteiger partial charge < -0.3 is 4.74 Å². The normalized spacial score (nSPS) is 28.8. The summed E-state index contributed by atoms with van der Waals surface area (Å²) in [6.07, 6.45) is 10.3. The van der Waals surface area contributed by atoms with Gasteiger partial charge in [-0.05, 0) is 50.0 Å². The minimum atomic E-state index is -0.462. The Morgan fingerprint density at radius 1 is 1.15 bits per heavy atom. The summed E-state index contributed by atoms with van der Waals surface area (Å²) in [5, 5.41) is 0. The number of amides is 2. The van der Waals surface area contributed by atoms with E-state index in [2.05, 4.69) is 6.08 Å². The Hall–Kier alpha value is -2.10. The summed E-state index contributed by atoms with van der Waals surface area (Å²) < 4.78 is 5.26. The van der Waals surface area contributed by atoms with Gasteiger partial charge in [0.1, 0.15) is 6.61 Å². The standard InChI is InChI=1S/C22H27NO3/c24-21(20-12-11-17-9-5-2-6-10-18(20)13-17)23-19(15-26-22(23)25)14-16-7-3-1-4-8-16/h1,3-4,7-8,11,18-20H,2,5-6,9-10,12-15H2/t18-,19-,20?/m1/s1. The molecule has 0 radical (unpaired) electrons. The maximum Gasteiger partial charge on any atom is 0.416 e. The van der Waals surface area contributed by atoms with Crippen LogP contribution in [0.2, 0.25) is 0 Å². The SMILES string of the molecule is O=C1OC[C@@H](Cc2ccccc2)N1C(=O)C1CC=C2CCCCC[C@@H]1C2. The number of ether oxygens (including phenoxy) is 1. The summed E-state index contributed by atoms with van der Waals surface area (Å²) in [4.78, 5) is 27.1. The molecule has 4 rings (SSSR count). The number of cyclic esters (lactones) is 1. The topological polar surface area (TPSA) is 46.6 Å². The van der Waals surface area contributed by atoms with E-state index in [-0.39, 0.29) is 17.9 Å². The van der Waals surface area contributed by atoms with Gasteiger partial charge >= 0.3 is 6.09 Å². The van der Waals surface area contributed by atoms with Crippen molar-refractivity contribution in [1.82, 2.24) is 4.90 Å². The van der Waals surface area contributed by atoms with Gasteiger partial charge in [0, 0.05) is 5.92 Å². The van der Waals surface area contributed by atoms with Crippen LogP contribution < -0.4 is 0 Å². The van der Waals surface area contributed by atoms with Crippen LogP contribution in [0.25, 0.3) is 0 Å². The lowest BCUT2D eigenvalue weighted by Crippen LogP contribution is -2.46. The highest BCUT2D eigenvalue weighted by atomic mass is 16.6. The number of carbonyl (C=O) groups excluding carboxylic acids is 2. The zero-order chi connectivity index (χ0) is 17.9. The molecule has 1 aromatic rings. The fourth-order valence-electron chi connectivity index (χ4n) is 4.74. The Kier molecular flexibility index (Phi) is 5.09. The number of hydrogen-bond acceptors (Lipinski definition) is 3. The zero-order valence-corrected chi connectivity index (χ0v) is 15.2. The molecule has 3 aliphatic rings. The lowest BCUT2D eigenvalue weighted by Gasteiger charge is -2.34. The maximum absolute atomic E-state index is 13.3. The molecule has 1 saturated carbocycles. The number of rotatable bonds is 3. The molecule has 0 aromatic heterocycles. The molecule has 1 aromatic carbocycles. The number of carbonyl (C=O) groups is 2. The molecule has 2 fully saturated rings. The van der Waals surface area contributed by atoms with E-state index in [1.54, 1.807) is 0 Å². The zero-order valence-electron chi connectivity index (χ0n) is 15.2. The summed E-state index contributed by atoms with van der Waals surface area (Å²) in [5.41, 5.74) is 2.65. The van der Waals surface area contributed by atoms with Crippen LogP contribution in [0.3, 0.4) is 0 Å². The smallest absolute Gasteiger partial charge is 0.416 e. The summed E-state index contributed by atoms with van der Waals surface area (Å²) in [5.74, 6) is 0.295. The third kappa shape index (κ3) is 3.55. The predicted octanol–water partition coefficient (Wildman–Crippen LogP) is 4.49. The molecular weight excluding hydrogens is 326 g/mol. The van der Waals surface area contributed by atoms with Crippen LogP contribution in [0.5, 0.6) is 0 Å². The minimum absolute atomic E-state index is 0.0192. The summed E-state index contributed by atoms with van der Waals surface area (Å²) in [6, 6.07) is 9.84. The molecule has 26 heavy (non-hydrogen) atoms. The molecule has 1 aliphatic heterocycles. The van der Waals surface area contributed by atoms with Crippen LogP contribution in [-0.2, 0) is 16.0 Å². The Labute approximate surface area is 155 Å². The van der Waals surface area contributed by atoms with Gasteiger partial charge in [0.25, 0.3) is 0 Å². The molecular formula is C22H27NO3. The van der Waals surface area contributed by atoms with Crippen molar-refractivity contribution in [3.8, 4) is 0 Å². The van der Waals surface area contributed by atoms with Crippen LogP contribution in [0.4, 0.5) is 4.79 Å². The molecule has 3 atom stereocenters. The second-order valence-corrected chi connectivity index (χ2v) is 7.90. The molecule has 138 valence electrons. The van der Waals surface area contributed by atoms with Crippen molar-refractivity contribution >= 4 is 12.0 Å². The minimum Gasteiger partial charge on any atom is -0.447 e. The van der Waals surface area contributed by atoms with Gasteiger partial charge in [-0.15, -0.1) is 0 Å². The third-order valence-corrected chi connectivity index (χ3v) is 6.16. The number of allylic oxidation sites excluding steroid dienone is 2. The molecule has 4 heteroatoms. The molecule has 1 saturated heterocycles. The number of imide groups is 1. The average molecular weight is 353 g/mol. The predicted molar refractivity (Wildman–Crippen MR) is 99.5 cm³/mol. The van der Waals surface area contributed by atoms with Crippen LogP contribution in [0.15, 0.2) is 42.0 Å². The molecule has 4 nitrogen and oxygen atoms in total. The molecule has 0 spiro atoms. The van der Waals surface area contributed by atoms with Gasteiger partial charge in [-0.2, -0.15) is 0 Å². The first-order valence-corrected chi connectivity index (χ1v) is 9.94. The van der Waals surface area contributed by atoms with Gasteiger partial charge in [0.05, 0.1) is 6.04 Å². The summed E-state index contributed by atoms with van der Waals surface area (Å²) >= 11 is 0. The van der Waals surface area contributed by atoms with Crippen LogP contribution >= 0.6 is 0 Å². The fraction of sp³-hybridized carbons (Fsp3) is 0.545. The van der Waals surface area contributed by atoms with E-state index >= 15 is 0 Å². The monoisotopic (exact) mass is 353 g/mol. The van der Waals surface area contributed by atoms with Gasteiger partial charge in [-0.3, -0.25) is 4.79 Å². The lowest BCUT2D eigenvalue weighted by molar-refractivity contribution is -0.135. The van der Waals surface area contributed by atoms with E-state index in [0.29, 0.717) is 18.9 Å². The van der Waals surface area contributed by atoms with E-state index in [9.17, 15) is 9.59 Å². The van der Waals surface area contributed by atoms with Crippen molar-refractivity contribution in [2.75, 3.05) is 6.61 Å². The van der Waals surface area contributed by atoms with Gasteiger partial charge in [-0.25, -0.2) is 9.69 Å². The second-order valence-electron chi connectivity index (χ2n) is 7.90. The van der Waals surface area contributed by atoms with E-state index < -0.39 is 6.09 Å². The van der Waals surface area contributed by atoms with Crippen molar-refractivity contribution in [1.29, 1.82) is 0 Å². The first-order valence-electron chi connectivity index (χ1n) is 9.94. The highest BCUT2D eigenvalue weighted by molar-refractivity contribution is 5.95. The van der Waals surface area contributed by atoms with Crippen molar-refractivity contribution in [2.24, 2.45) is 11.8 Å². The Morgan fingerprint density at radius 3 is 2.85 bits per heavy atom. The Bertz CT molecular complexity index is 697. The van der Waals surface area contributed by atoms with Crippen molar-refractivity contribution < 1.29 is 14.3 Å². The third-order valence-electron chi connectivity index (χ3n) is 6.16. The molecule has 0 N–H and O–H groups in total. The highest BCUT2D eigenvalue weighted by Crippen LogP contribution is 2.39. The molecule has 2 bridgehead atoms. The number of nitrogens with zero attached hydrogens (tertiary/aromatic N) is 1. The fourth-order valence-corrected chi connectivity index (χ4v) is 4.74. The Balaban J connectivity index is 1.51. The van der Waals surface area contributed by atoms with E-state index in [4.69, 9.17) is 4.74 Å². The Morgan fingerprint density at radius 2 is 2.00 bits per heavy atom.